The monoisotopic (exact) mass is 168 g/mol. The molecule has 0 N–H and O–H groups in total. The first-order valence-electron chi connectivity index (χ1n) is 5.84. The molecule has 1 aliphatic rings. The normalized spacial score (nSPS) is 20.5. The van der Waals surface area contributed by atoms with Gasteiger partial charge in [-0.05, 0) is 11.8 Å². The average molecular weight is 168 g/mol. The van der Waals surface area contributed by atoms with Gasteiger partial charge in [-0.25, -0.2) is 0 Å². The summed E-state index contributed by atoms with van der Waals surface area (Å²) in [6, 6.07) is 0. The zero-order chi connectivity index (χ0) is 8.81. The van der Waals surface area contributed by atoms with E-state index in [1.165, 1.54) is 51.4 Å². The molecule has 1 rings (SSSR count). The smallest absolute Gasteiger partial charge is 0.0388 e. The highest BCUT2D eigenvalue weighted by Crippen LogP contribution is 2.35. The molecule has 0 nitrogen and oxygen atoms in total. The van der Waals surface area contributed by atoms with Gasteiger partial charge in [0.05, 0.1) is 0 Å². The van der Waals surface area contributed by atoms with Gasteiger partial charge in [-0.2, -0.15) is 0 Å². The van der Waals surface area contributed by atoms with Crippen molar-refractivity contribution in [3.63, 3.8) is 0 Å². The Kier molecular flexibility index (Phi) is 4.72. The zero-order valence-electron chi connectivity index (χ0n) is 8.81. The number of hydrogen-bond donors (Lipinski definition) is 0. The fraction of sp³-hybridized carbons (Fsp3) is 1.00. The van der Waals surface area contributed by atoms with Crippen molar-refractivity contribution in [1.29, 1.82) is 0 Å². The van der Waals surface area contributed by atoms with Crippen molar-refractivity contribution in [2.45, 2.75) is 65.2 Å². The van der Waals surface area contributed by atoms with E-state index in [0.717, 1.165) is 11.8 Å². The minimum atomic E-state index is 1.02. The molecule has 0 heterocycles. The Labute approximate surface area is 77.7 Å². The molecule has 1 atom stereocenters. The molecule has 0 aromatic rings. The molecule has 0 saturated heterocycles. The molecule has 0 spiro atoms. The summed E-state index contributed by atoms with van der Waals surface area (Å²) in [4.78, 5) is 0. The van der Waals surface area contributed by atoms with Crippen molar-refractivity contribution in [3.05, 3.63) is 0 Å². The van der Waals surface area contributed by atoms with E-state index in [1.807, 2.05) is 0 Å². The van der Waals surface area contributed by atoms with E-state index >= 15 is 0 Å². The SMILES string of the molecule is CCCCCCC(C)C1CCC1. The van der Waals surface area contributed by atoms with Crippen LogP contribution in [0.5, 0.6) is 0 Å². The lowest BCUT2D eigenvalue weighted by Gasteiger charge is -2.31. The fourth-order valence-corrected chi connectivity index (χ4v) is 2.14. The Hall–Kier alpha value is 0. The highest BCUT2D eigenvalue weighted by Gasteiger charge is 2.22. The van der Waals surface area contributed by atoms with Crippen LogP contribution in [0.1, 0.15) is 65.2 Å². The van der Waals surface area contributed by atoms with Gasteiger partial charge in [0, 0.05) is 0 Å². The summed E-state index contributed by atoms with van der Waals surface area (Å²) < 4.78 is 0. The molecule has 1 saturated carbocycles. The van der Waals surface area contributed by atoms with Gasteiger partial charge in [0.2, 0.25) is 0 Å². The van der Waals surface area contributed by atoms with E-state index in [0.29, 0.717) is 0 Å². The Morgan fingerprint density at radius 2 is 1.92 bits per heavy atom. The molecule has 0 radical (unpaired) electrons. The van der Waals surface area contributed by atoms with Gasteiger partial charge < -0.3 is 0 Å². The second-order valence-electron chi connectivity index (χ2n) is 4.52. The third-order valence-electron chi connectivity index (χ3n) is 3.47. The van der Waals surface area contributed by atoms with E-state index < -0.39 is 0 Å². The minimum absolute atomic E-state index is 1.02. The largest absolute Gasteiger partial charge is 0.0654 e. The first kappa shape index (κ1) is 10.1. The Balaban J connectivity index is 1.91. The van der Waals surface area contributed by atoms with E-state index in [-0.39, 0.29) is 0 Å². The molecule has 72 valence electrons. The maximum atomic E-state index is 2.45. The van der Waals surface area contributed by atoms with Crippen LogP contribution >= 0.6 is 0 Å². The van der Waals surface area contributed by atoms with Crippen molar-refractivity contribution < 1.29 is 0 Å². The van der Waals surface area contributed by atoms with Gasteiger partial charge in [-0.15, -0.1) is 0 Å². The quantitative estimate of drug-likeness (QED) is 0.516. The lowest BCUT2D eigenvalue weighted by Crippen LogP contribution is -2.19. The summed E-state index contributed by atoms with van der Waals surface area (Å²) in [5, 5.41) is 0. The summed E-state index contributed by atoms with van der Waals surface area (Å²) in [6.07, 6.45) is 11.8. The molecule has 1 fully saturated rings. The van der Waals surface area contributed by atoms with Gasteiger partial charge in [-0.3, -0.25) is 0 Å². The fourth-order valence-electron chi connectivity index (χ4n) is 2.14. The van der Waals surface area contributed by atoms with Crippen molar-refractivity contribution in [2.75, 3.05) is 0 Å². The third kappa shape index (κ3) is 3.16. The average Bonchev–Trinajstić information content (AvgIpc) is 1.95. The van der Waals surface area contributed by atoms with Crippen LogP contribution in [0.15, 0.2) is 0 Å². The van der Waals surface area contributed by atoms with Crippen molar-refractivity contribution >= 4 is 0 Å². The summed E-state index contributed by atoms with van der Waals surface area (Å²) >= 11 is 0. The molecule has 1 aliphatic carbocycles. The maximum Gasteiger partial charge on any atom is -0.0388 e. The Morgan fingerprint density at radius 3 is 2.42 bits per heavy atom. The van der Waals surface area contributed by atoms with Crippen LogP contribution in [0, 0.1) is 11.8 Å². The lowest BCUT2D eigenvalue weighted by molar-refractivity contribution is 0.207. The van der Waals surface area contributed by atoms with Crippen LogP contribution in [0.3, 0.4) is 0 Å². The molecule has 12 heavy (non-hydrogen) atoms. The molecular formula is C12H24. The van der Waals surface area contributed by atoms with E-state index in [4.69, 9.17) is 0 Å². The highest BCUT2D eigenvalue weighted by atomic mass is 14.3. The summed E-state index contributed by atoms with van der Waals surface area (Å²) in [5.74, 6) is 2.13. The van der Waals surface area contributed by atoms with Crippen LogP contribution in [-0.2, 0) is 0 Å². The van der Waals surface area contributed by atoms with E-state index in [9.17, 15) is 0 Å². The molecule has 1 unspecified atom stereocenters. The van der Waals surface area contributed by atoms with Crippen LogP contribution in [0.2, 0.25) is 0 Å². The van der Waals surface area contributed by atoms with Crippen LogP contribution in [0.4, 0.5) is 0 Å². The highest BCUT2D eigenvalue weighted by molar-refractivity contribution is 4.74. The molecule has 0 heteroatoms. The van der Waals surface area contributed by atoms with Crippen LogP contribution in [-0.4, -0.2) is 0 Å². The zero-order valence-corrected chi connectivity index (χ0v) is 8.81. The van der Waals surface area contributed by atoms with Crippen molar-refractivity contribution in [2.24, 2.45) is 11.8 Å². The van der Waals surface area contributed by atoms with Gasteiger partial charge in [0.1, 0.15) is 0 Å². The lowest BCUT2D eigenvalue weighted by atomic mass is 9.75. The maximum absolute atomic E-state index is 2.45. The second kappa shape index (κ2) is 5.61. The van der Waals surface area contributed by atoms with Gasteiger partial charge in [0.15, 0.2) is 0 Å². The van der Waals surface area contributed by atoms with Gasteiger partial charge in [-0.1, -0.05) is 65.2 Å². The van der Waals surface area contributed by atoms with E-state index in [2.05, 4.69) is 13.8 Å². The number of unbranched alkanes of at least 4 members (excludes halogenated alkanes) is 3. The first-order chi connectivity index (χ1) is 5.84. The van der Waals surface area contributed by atoms with Gasteiger partial charge >= 0.3 is 0 Å². The van der Waals surface area contributed by atoms with Crippen LogP contribution in [0.25, 0.3) is 0 Å². The third-order valence-corrected chi connectivity index (χ3v) is 3.47. The van der Waals surface area contributed by atoms with Crippen molar-refractivity contribution in [1.82, 2.24) is 0 Å². The molecule has 0 aromatic heterocycles. The first-order valence-corrected chi connectivity index (χ1v) is 5.84. The predicted octanol–water partition coefficient (Wildman–Crippen LogP) is 4.39. The summed E-state index contributed by atoms with van der Waals surface area (Å²) in [5.41, 5.74) is 0. The summed E-state index contributed by atoms with van der Waals surface area (Å²) in [6.45, 7) is 4.74. The molecule has 0 aliphatic heterocycles. The van der Waals surface area contributed by atoms with Gasteiger partial charge in [0.25, 0.3) is 0 Å². The van der Waals surface area contributed by atoms with Crippen molar-refractivity contribution in [3.8, 4) is 0 Å². The molecular weight excluding hydrogens is 144 g/mol. The second-order valence-corrected chi connectivity index (χ2v) is 4.52. The number of rotatable bonds is 6. The topological polar surface area (TPSA) is 0 Å². The minimum Gasteiger partial charge on any atom is -0.0654 e. The standard InChI is InChI=1S/C12H24/c1-3-4-5-6-8-11(2)12-9-7-10-12/h11-12H,3-10H2,1-2H3. The predicted molar refractivity (Wildman–Crippen MR) is 55.3 cm³/mol. The van der Waals surface area contributed by atoms with E-state index in [1.54, 1.807) is 0 Å². The Bertz CT molecular complexity index is 103. The number of hydrogen-bond acceptors (Lipinski definition) is 0. The summed E-state index contributed by atoms with van der Waals surface area (Å²) in [7, 11) is 0. The Morgan fingerprint density at radius 1 is 1.17 bits per heavy atom. The molecule has 0 amide bonds. The van der Waals surface area contributed by atoms with Crippen LogP contribution < -0.4 is 0 Å². The molecule has 0 aromatic carbocycles. The molecule has 0 bridgehead atoms.